The molecule has 1 aromatic rings. The summed E-state index contributed by atoms with van der Waals surface area (Å²) in [6, 6.07) is 7.69. The van der Waals surface area contributed by atoms with E-state index in [9.17, 15) is 4.79 Å². The number of hydrogen-bond donors (Lipinski definition) is 2. The SMILES string of the molecule is CCNCC(C)C(=O)Nc1ccccc1COC. The topological polar surface area (TPSA) is 50.4 Å². The zero-order chi connectivity index (χ0) is 13.4. The van der Waals surface area contributed by atoms with Gasteiger partial charge in [-0.3, -0.25) is 4.79 Å². The van der Waals surface area contributed by atoms with E-state index in [1.807, 2.05) is 38.1 Å². The molecule has 0 bridgehead atoms. The summed E-state index contributed by atoms with van der Waals surface area (Å²) in [7, 11) is 1.65. The Kier molecular flexibility index (Phi) is 6.39. The quantitative estimate of drug-likeness (QED) is 0.778. The molecule has 0 aliphatic rings. The lowest BCUT2D eigenvalue weighted by Gasteiger charge is -2.14. The van der Waals surface area contributed by atoms with E-state index in [4.69, 9.17) is 4.74 Å². The van der Waals surface area contributed by atoms with E-state index in [0.717, 1.165) is 17.8 Å². The van der Waals surface area contributed by atoms with Gasteiger partial charge >= 0.3 is 0 Å². The number of nitrogens with one attached hydrogen (secondary N) is 2. The molecule has 1 unspecified atom stereocenters. The van der Waals surface area contributed by atoms with Crippen LogP contribution in [-0.2, 0) is 16.1 Å². The predicted octanol–water partition coefficient (Wildman–Crippen LogP) is 2.02. The van der Waals surface area contributed by atoms with Gasteiger partial charge in [-0.2, -0.15) is 0 Å². The number of carbonyl (C=O) groups is 1. The summed E-state index contributed by atoms with van der Waals surface area (Å²) in [5, 5.41) is 6.11. The van der Waals surface area contributed by atoms with Crippen molar-refractivity contribution < 1.29 is 9.53 Å². The fourth-order valence-corrected chi connectivity index (χ4v) is 1.63. The summed E-state index contributed by atoms with van der Waals surface area (Å²) in [5.74, 6) is -0.0277. The van der Waals surface area contributed by atoms with Crippen LogP contribution in [0.5, 0.6) is 0 Å². The van der Waals surface area contributed by atoms with Crippen LogP contribution in [0, 0.1) is 5.92 Å². The van der Waals surface area contributed by atoms with Crippen LogP contribution in [0.1, 0.15) is 19.4 Å². The molecular weight excluding hydrogens is 228 g/mol. The average molecular weight is 250 g/mol. The van der Waals surface area contributed by atoms with Crippen molar-refractivity contribution in [1.82, 2.24) is 5.32 Å². The Hall–Kier alpha value is -1.39. The lowest BCUT2D eigenvalue weighted by Crippen LogP contribution is -2.30. The van der Waals surface area contributed by atoms with Crippen LogP contribution >= 0.6 is 0 Å². The third-order valence-electron chi connectivity index (χ3n) is 2.72. The fourth-order valence-electron chi connectivity index (χ4n) is 1.63. The van der Waals surface area contributed by atoms with Gasteiger partial charge in [0, 0.05) is 30.8 Å². The normalized spacial score (nSPS) is 12.2. The average Bonchev–Trinajstić information content (AvgIpc) is 2.38. The molecule has 0 saturated heterocycles. The van der Waals surface area contributed by atoms with Crippen LogP contribution < -0.4 is 10.6 Å². The number of amides is 1. The first-order valence-corrected chi connectivity index (χ1v) is 6.27. The van der Waals surface area contributed by atoms with Crippen molar-refractivity contribution in [2.45, 2.75) is 20.5 Å². The number of carbonyl (C=O) groups excluding carboxylic acids is 1. The molecule has 4 heteroatoms. The number of methoxy groups -OCH3 is 1. The summed E-state index contributed by atoms with van der Waals surface area (Å²) >= 11 is 0. The Labute approximate surface area is 109 Å². The van der Waals surface area contributed by atoms with E-state index in [0.29, 0.717) is 13.2 Å². The van der Waals surface area contributed by atoms with Crippen molar-refractivity contribution in [2.75, 3.05) is 25.5 Å². The van der Waals surface area contributed by atoms with E-state index >= 15 is 0 Å². The largest absolute Gasteiger partial charge is 0.380 e. The third-order valence-corrected chi connectivity index (χ3v) is 2.72. The van der Waals surface area contributed by atoms with E-state index in [-0.39, 0.29) is 11.8 Å². The molecule has 4 nitrogen and oxygen atoms in total. The van der Waals surface area contributed by atoms with Crippen molar-refractivity contribution >= 4 is 11.6 Å². The first-order valence-electron chi connectivity index (χ1n) is 6.27. The van der Waals surface area contributed by atoms with E-state index in [2.05, 4.69) is 10.6 Å². The van der Waals surface area contributed by atoms with Gasteiger partial charge in [0.1, 0.15) is 0 Å². The number of para-hydroxylation sites is 1. The third kappa shape index (κ3) is 4.47. The maximum absolute atomic E-state index is 12.0. The smallest absolute Gasteiger partial charge is 0.228 e. The molecular formula is C14H22N2O2. The van der Waals surface area contributed by atoms with E-state index < -0.39 is 0 Å². The standard InChI is InChI=1S/C14H22N2O2/c1-4-15-9-11(2)14(17)16-13-8-6-5-7-12(13)10-18-3/h5-8,11,15H,4,9-10H2,1-3H3,(H,16,17). The highest BCUT2D eigenvalue weighted by molar-refractivity contribution is 5.93. The zero-order valence-electron chi connectivity index (χ0n) is 11.3. The van der Waals surface area contributed by atoms with Crippen LogP contribution in [0.4, 0.5) is 5.69 Å². The molecule has 1 aromatic carbocycles. The van der Waals surface area contributed by atoms with Gasteiger partial charge in [0.2, 0.25) is 5.91 Å². The molecule has 1 amide bonds. The van der Waals surface area contributed by atoms with Crippen LogP contribution in [0.25, 0.3) is 0 Å². The van der Waals surface area contributed by atoms with Crippen LogP contribution in [0.15, 0.2) is 24.3 Å². The summed E-state index contributed by atoms with van der Waals surface area (Å²) < 4.78 is 5.11. The zero-order valence-corrected chi connectivity index (χ0v) is 11.3. The second-order valence-corrected chi connectivity index (χ2v) is 4.29. The summed E-state index contributed by atoms with van der Waals surface area (Å²) in [5.41, 5.74) is 1.82. The van der Waals surface area contributed by atoms with E-state index in [1.165, 1.54) is 0 Å². The van der Waals surface area contributed by atoms with Gasteiger partial charge in [0.05, 0.1) is 6.61 Å². The Morgan fingerprint density at radius 2 is 2.11 bits per heavy atom. The molecule has 0 spiro atoms. The van der Waals surface area contributed by atoms with Gasteiger partial charge in [-0.1, -0.05) is 32.0 Å². The molecule has 0 saturated carbocycles. The van der Waals surface area contributed by atoms with Gasteiger partial charge in [-0.15, -0.1) is 0 Å². The predicted molar refractivity (Wildman–Crippen MR) is 73.5 cm³/mol. The minimum Gasteiger partial charge on any atom is -0.380 e. The van der Waals surface area contributed by atoms with Gasteiger partial charge < -0.3 is 15.4 Å². The highest BCUT2D eigenvalue weighted by atomic mass is 16.5. The number of anilines is 1. The minimum atomic E-state index is -0.0550. The molecule has 0 aromatic heterocycles. The molecule has 100 valence electrons. The van der Waals surface area contributed by atoms with E-state index in [1.54, 1.807) is 7.11 Å². The molecule has 0 aliphatic heterocycles. The first kappa shape index (κ1) is 14.7. The molecule has 0 aliphatic carbocycles. The highest BCUT2D eigenvalue weighted by Crippen LogP contribution is 2.16. The number of ether oxygens (including phenoxy) is 1. The second-order valence-electron chi connectivity index (χ2n) is 4.29. The highest BCUT2D eigenvalue weighted by Gasteiger charge is 2.13. The van der Waals surface area contributed by atoms with Crippen molar-refractivity contribution in [1.29, 1.82) is 0 Å². The Morgan fingerprint density at radius 1 is 1.39 bits per heavy atom. The lowest BCUT2D eigenvalue weighted by molar-refractivity contribution is -0.119. The van der Waals surface area contributed by atoms with Gasteiger partial charge in [0.15, 0.2) is 0 Å². The molecule has 0 radical (unpaired) electrons. The summed E-state index contributed by atoms with van der Waals surface area (Å²) in [6.45, 7) is 6.00. The number of benzene rings is 1. The first-order chi connectivity index (χ1) is 8.69. The van der Waals surface area contributed by atoms with Crippen LogP contribution in [-0.4, -0.2) is 26.1 Å². The van der Waals surface area contributed by atoms with Gasteiger partial charge in [-0.05, 0) is 12.6 Å². The molecule has 1 rings (SSSR count). The monoisotopic (exact) mass is 250 g/mol. The molecule has 0 fully saturated rings. The minimum absolute atomic E-state index is 0.0273. The van der Waals surface area contributed by atoms with Gasteiger partial charge in [-0.25, -0.2) is 0 Å². The maximum Gasteiger partial charge on any atom is 0.228 e. The summed E-state index contributed by atoms with van der Waals surface area (Å²) in [6.07, 6.45) is 0. The van der Waals surface area contributed by atoms with Crippen LogP contribution in [0.2, 0.25) is 0 Å². The van der Waals surface area contributed by atoms with Crippen molar-refractivity contribution in [3.63, 3.8) is 0 Å². The van der Waals surface area contributed by atoms with Crippen molar-refractivity contribution in [2.24, 2.45) is 5.92 Å². The van der Waals surface area contributed by atoms with Crippen molar-refractivity contribution in [3.8, 4) is 0 Å². The summed E-state index contributed by atoms with van der Waals surface area (Å²) in [4.78, 5) is 12.0. The number of hydrogen-bond acceptors (Lipinski definition) is 3. The molecule has 1 atom stereocenters. The Morgan fingerprint density at radius 3 is 2.78 bits per heavy atom. The fraction of sp³-hybridized carbons (Fsp3) is 0.500. The van der Waals surface area contributed by atoms with Crippen molar-refractivity contribution in [3.05, 3.63) is 29.8 Å². The lowest BCUT2D eigenvalue weighted by atomic mass is 10.1. The second kappa shape index (κ2) is 7.84. The Bertz CT molecular complexity index is 380. The maximum atomic E-state index is 12.0. The number of rotatable bonds is 7. The van der Waals surface area contributed by atoms with Gasteiger partial charge in [0.25, 0.3) is 0 Å². The van der Waals surface area contributed by atoms with Crippen LogP contribution in [0.3, 0.4) is 0 Å². The molecule has 18 heavy (non-hydrogen) atoms. The molecule has 0 heterocycles. The Balaban J connectivity index is 2.63. The molecule has 2 N–H and O–H groups in total.